The van der Waals surface area contributed by atoms with Gasteiger partial charge in [-0.3, -0.25) is 0 Å². The maximum absolute atomic E-state index is 13.5. The molecule has 0 aliphatic carbocycles. The number of benzene rings is 1. The molecule has 15 heavy (non-hydrogen) atoms. The van der Waals surface area contributed by atoms with Crippen LogP contribution in [0.4, 0.5) is 4.39 Å². The molecule has 0 radical (unpaired) electrons. The van der Waals surface area contributed by atoms with E-state index in [0.29, 0.717) is 16.1 Å². The Morgan fingerprint density at radius 2 is 2.27 bits per heavy atom. The summed E-state index contributed by atoms with van der Waals surface area (Å²) in [7, 11) is 1.33. The summed E-state index contributed by atoms with van der Waals surface area (Å²) in [5.74, 6) is -0.537. The highest BCUT2D eigenvalue weighted by Gasteiger charge is 2.20. The van der Waals surface area contributed by atoms with E-state index in [0.717, 1.165) is 0 Å². The van der Waals surface area contributed by atoms with Crippen molar-refractivity contribution in [1.29, 1.82) is 0 Å². The van der Waals surface area contributed by atoms with Crippen molar-refractivity contribution < 1.29 is 14.2 Å². The number of nitrogens with two attached hydrogens (primary N) is 1. The Labute approximate surface area is 92.6 Å². The molecule has 0 amide bonds. The fourth-order valence-electron chi connectivity index (χ4n) is 1.39. The molecule has 1 aromatic carbocycles. The zero-order valence-electron chi connectivity index (χ0n) is 8.55. The zero-order chi connectivity index (χ0) is 11.6. The maximum Gasteiger partial charge on any atom is 0.165 e. The summed E-state index contributed by atoms with van der Waals surface area (Å²) >= 11 is 5.98. The topological polar surface area (TPSA) is 55.5 Å². The van der Waals surface area contributed by atoms with Crippen LogP contribution in [0, 0.1) is 12.7 Å². The summed E-state index contributed by atoms with van der Waals surface area (Å²) in [5, 5.41) is 9.28. The van der Waals surface area contributed by atoms with Gasteiger partial charge < -0.3 is 15.6 Å². The first kappa shape index (κ1) is 12.2. The average Bonchev–Trinajstić information content (AvgIpc) is 2.21. The van der Waals surface area contributed by atoms with E-state index >= 15 is 0 Å². The van der Waals surface area contributed by atoms with E-state index in [1.54, 1.807) is 6.92 Å². The SMILES string of the molecule is COc1c(F)cc(C)c(Cl)c1C(N)CO. The third kappa shape index (κ3) is 2.22. The monoisotopic (exact) mass is 233 g/mol. The average molecular weight is 234 g/mol. The molecule has 0 fully saturated rings. The van der Waals surface area contributed by atoms with E-state index in [4.69, 9.17) is 27.2 Å². The molecule has 0 spiro atoms. The molecule has 0 heterocycles. The Hall–Kier alpha value is -0.840. The summed E-state index contributed by atoms with van der Waals surface area (Å²) in [4.78, 5) is 0. The van der Waals surface area contributed by atoms with Crippen LogP contribution in [0.3, 0.4) is 0 Å². The zero-order valence-corrected chi connectivity index (χ0v) is 9.31. The number of methoxy groups -OCH3 is 1. The van der Waals surface area contributed by atoms with Gasteiger partial charge in [-0.2, -0.15) is 0 Å². The molecule has 1 rings (SSSR count). The van der Waals surface area contributed by atoms with Crippen molar-refractivity contribution in [2.24, 2.45) is 5.73 Å². The van der Waals surface area contributed by atoms with E-state index in [-0.39, 0.29) is 12.4 Å². The summed E-state index contributed by atoms with van der Waals surface area (Å²) in [6.07, 6.45) is 0. The minimum atomic E-state index is -0.748. The highest BCUT2D eigenvalue weighted by molar-refractivity contribution is 6.32. The highest BCUT2D eigenvalue weighted by Crippen LogP contribution is 2.35. The number of rotatable bonds is 3. The van der Waals surface area contributed by atoms with Gasteiger partial charge in [0.2, 0.25) is 0 Å². The van der Waals surface area contributed by atoms with Crippen molar-refractivity contribution in [3.63, 3.8) is 0 Å². The lowest BCUT2D eigenvalue weighted by Crippen LogP contribution is -2.17. The first-order valence-corrected chi connectivity index (χ1v) is 4.79. The molecule has 3 nitrogen and oxygen atoms in total. The van der Waals surface area contributed by atoms with Crippen LogP contribution in [0.5, 0.6) is 5.75 Å². The standard InChI is InChI=1S/C10H13ClFNO2/c1-5-3-6(12)10(15-2)8(9(5)11)7(13)4-14/h3,7,14H,4,13H2,1-2H3. The number of halogens is 2. The summed E-state index contributed by atoms with van der Waals surface area (Å²) in [5.41, 5.74) is 6.50. The Kier molecular flexibility index (Phi) is 3.90. The van der Waals surface area contributed by atoms with Crippen LogP contribution in [0.1, 0.15) is 17.2 Å². The van der Waals surface area contributed by atoms with Crippen LogP contribution < -0.4 is 10.5 Å². The smallest absolute Gasteiger partial charge is 0.165 e. The molecule has 0 saturated heterocycles. The van der Waals surface area contributed by atoms with Gasteiger partial charge in [-0.05, 0) is 18.6 Å². The van der Waals surface area contributed by atoms with Crippen molar-refractivity contribution >= 4 is 11.6 Å². The molecule has 1 atom stereocenters. The lowest BCUT2D eigenvalue weighted by Gasteiger charge is -2.17. The summed E-state index contributed by atoms with van der Waals surface area (Å²) in [6.45, 7) is 1.34. The van der Waals surface area contributed by atoms with Crippen LogP contribution in [-0.2, 0) is 0 Å². The first-order chi connectivity index (χ1) is 7.02. The fraction of sp³-hybridized carbons (Fsp3) is 0.400. The van der Waals surface area contributed by atoms with Crippen LogP contribution in [0.25, 0.3) is 0 Å². The largest absolute Gasteiger partial charge is 0.493 e. The van der Waals surface area contributed by atoms with Gasteiger partial charge in [0.25, 0.3) is 0 Å². The Morgan fingerprint density at radius 1 is 1.67 bits per heavy atom. The van der Waals surface area contributed by atoms with E-state index in [9.17, 15) is 4.39 Å². The van der Waals surface area contributed by atoms with Crippen molar-refractivity contribution in [1.82, 2.24) is 0 Å². The van der Waals surface area contributed by atoms with Gasteiger partial charge in [-0.15, -0.1) is 0 Å². The lowest BCUT2D eigenvalue weighted by atomic mass is 10.0. The number of aryl methyl sites for hydroxylation is 1. The summed E-state index contributed by atoms with van der Waals surface area (Å²) in [6, 6.07) is 0.524. The van der Waals surface area contributed by atoms with E-state index in [2.05, 4.69) is 0 Å². The van der Waals surface area contributed by atoms with Gasteiger partial charge in [0.15, 0.2) is 11.6 Å². The molecule has 1 unspecified atom stereocenters. The van der Waals surface area contributed by atoms with E-state index in [1.165, 1.54) is 13.2 Å². The van der Waals surface area contributed by atoms with Gasteiger partial charge in [0.05, 0.1) is 24.8 Å². The van der Waals surface area contributed by atoms with E-state index in [1.807, 2.05) is 0 Å². The predicted octanol–water partition coefficient (Wildman–Crippen LogP) is 1.79. The predicted molar refractivity (Wildman–Crippen MR) is 56.7 cm³/mol. The second kappa shape index (κ2) is 4.79. The van der Waals surface area contributed by atoms with Crippen molar-refractivity contribution in [2.75, 3.05) is 13.7 Å². The number of hydrogen-bond acceptors (Lipinski definition) is 3. The Balaban J connectivity index is 3.43. The number of aliphatic hydroxyl groups excluding tert-OH is 1. The summed E-state index contributed by atoms with van der Waals surface area (Å²) < 4.78 is 18.4. The highest BCUT2D eigenvalue weighted by atomic mass is 35.5. The molecule has 0 aliphatic rings. The molecule has 3 N–H and O–H groups in total. The van der Waals surface area contributed by atoms with Gasteiger partial charge in [0, 0.05) is 5.56 Å². The third-order valence-corrected chi connectivity index (χ3v) is 2.66. The van der Waals surface area contributed by atoms with Gasteiger partial charge >= 0.3 is 0 Å². The maximum atomic E-state index is 13.5. The molecule has 84 valence electrons. The quantitative estimate of drug-likeness (QED) is 0.837. The number of hydrogen-bond donors (Lipinski definition) is 2. The van der Waals surface area contributed by atoms with Crippen LogP contribution in [-0.4, -0.2) is 18.8 Å². The van der Waals surface area contributed by atoms with Crippen LogP contribution in [0.2, 0.25) is 5.02 Å². The fourth-order valence-corrected chi connectivity index (χ4v) is 1.67. The van der Waals surface area contributed by atoms with Crippen molar-refractivity contribution in [3.05, 3.63) is 28.0 Å². The Morgan fingerprint density at radius 3 is 2.73 bits per heavy atom. The molecule has 0 aromatic heterocycles. The second-order valence-electron chi connectivity index (χ2n) is 3.23. The third-order valence-electron chi connectivity index (χ3n) is 2.16. The minimum absolute atomic E-state index is 0.00727. The van der Waals surface area contributed by atoms with Gasteiger partial charge in [-0.25, -0.2) is 4.39 Å². The normalized spacial score (nSPS) is 12.7. The molecule has 0 bridgehead atoms. The number of ether oxygens (including phenoxy) is 1. The molecule has 0 saturated carbocycles. The van der Waals surface area contributed by atoms with Crippen molar-refractivity contribution in [3.8, 4) is 5.75 Å². The molecule has 5 heteroatoms. The van der Waals surface area contributed by atoms with Crippen LogP contribution in [0.15, 0.2) is 6.07 Å². The molecule has 0 aliphatic heterocycles. The molecule has 1 aromatic rings. The first-order valence-electron chi connectivity index (χ1n) is 4.41. The second-order valence-corrected chi connectivity index (χ2v) is 3.60. The van der Waals surface area contributed by atoms with Crippen molar-refractivity contribution in [2.45, 2.75) is 13.0 Å². The number of aliphatic hydroxyl groups is 1. The Bertz CT molecular complexity index is 371. The molecular formula is C10H13ClFNO2. The lowest BCUT2D eigenvalue weighted by molar-refractivity contribution is 0.263. The van der Waals surface area contributed by atoms with E-state index < -0.39 is 11.9 Å². The van der Waals surface area contributed by atoms with Crippen LogP contribution >= 0.6 is 11.6 Å². The minimum Gasteiger partial charge on any atom is -0.493 e. The van der Waals surface area contributed by atoms with Gasteiger partial charge in [-0.1, -0.05) is 11.6 Å². The molecular weight excluding hydrogens is 221 g/mol. The van der Waals surface area contributed by atoms with Gasteiger partial charge in [0.1, 0.15) is 0 Å².